The van der Waals surface area contributed by atoms with Crippen LogP contribution in [0.1, 0.15) is 18.5 Å². The summed E-state index contributed by atoms with van der Waals surface area (Å²) in [7, 11) is -2.53. The molecule has 0 unspecified atom stereocenters. The topological polar surface area (TPSA) is 108 Å². The molecule has 37 heavy (non-hydrogen) atoms. The number of primary sulfonamides is 1. The minimum Gasteiger partial charge on any atom is -0.495 e. The van der Waals surface area contributed by atoms with Crippen LogP contribution in [0.4, 0.5) is 24.5 Å². The Hall–Kier alpha value is -3.40. The van der Waals surface area contributed by atoms with E-state index in [0.29, 0.717) is 29.8 Å². The second kappa shape index (κ2) is 10.9. The molecule has 1 aromatic heterocycles. The van der Waals surface area contributed by atoms with E-state index >= 15 is 0 Å². The summed E-state index contributed by atoms with van der Waals surface area (Å²) in [6.07, 6.45) is -2.79. The number of halogens is 3. The molecule has 2 heterocycles. The van der Waals surface area contributed by atoms with Gasteiger partial charge in [0.2, 0.25) is 10.0 Å². The molecule has 1 saturated heterocycles. The lowest BCUT2D eigenvalue weighted by atomic mass is 10.1. The average Bonchev–Trinajstić information content (AvgIpc) is 3.18. The van der Waals surface area contributed by atoms with Gasteiger partial charge in [0.05, 0.1) is 35.4 Å². The molecule has 0 amide bonds. The first-order valence-corrected chi connectivity index (χ1v) is 13.1. The van der Waals surface area contributed by atoms with Crippen molar-refractivity contribution in [2.45, 2.75) is 36.5 Å². The van der Waals surface area contributed by atoms with Gasteiger partial charge in [-0.2, -0.15) is 13.2 Å². The van der Waals surface area contributed by atoms with E-state index in [1.54, 1.807) is 18.2 Å². The maximum atomic E-state index is 13.4. The van der Waals surface area contributed by atoms with Gasteiger partial charge in [0, 0.05) is 36.4 Å². The third kappa shape index (κ3) is 6.68. The quantitative estimate of drug-likeness (QED) is 0.395. The predicted molar refractivity (Wildman–Crippen MR) is 135 cm³/mol. The standard InChI is InChI=1S/C25H27F3N4O4S/c1-35-24-15-19(37(29,33)34)7-8-22(24)30-11-3-4-18-14-20-21(31-17-9-12-36-13-10-17)5-2-6-23(20)32(18)16-25(26,27)28/h2,5-8,14-15,17,30-31H,9-13,16H2,1H3,(H2,29,33,34). The van der Waals surface area contributed by atoms with Crippen LogP contribution in [-0.2, 0) is 21.3 Å². The van der Waals surface area contributed by atoms with Crippen LogP contribution in [0.5, 0.6) is 5.75 Å². The Morgan fingerprint density at radius 2 is 1.92 bits per heavy atom. The van der Waals surface area contributed by atoms with Gasteiger partial charge in [0.15, 0.2) is 0 Å². The minimum absolute atomic E-state index is 0.0752. The summed E-state index contributed by atoms with van der Waals surface area (Å²) < 4.78 is 75.2. The minimum atomic E-state index is -4.43. The number of methoxy groups -OCH3 is 1. The Bertz CT molecular complexity index is 1440. The Morgan fingerprint density at radius 1 is 1.16 bits per heavy atom. The molecule has 3 aromatic rings. The summed E-state index contributed by atoms with van der Waals surface area (Å²) >= 11 is 0. The number of hydrogen-bond acceptors (Lipinski definition) is 6. The van der Waals surface area contributed by atoms with Crippen LogP contribution >= 0.6 is 0 Å². The van der Waals surface area contributed by atoms with Gasteiger partial charge in [-0.15, -0.1) is 0 Å². The van der Waals surface area contributed by atoms with Crippen molar-refractivity contribution in [2.24, 2.45) is 5.14 Å². The number of ether oxygens (including phenoxy) is 2. The first-order valence-electron chi connectivity index (χ1n) is 11.5. The SMILES string of the molecule is COc1cc(S(N)(=O)=O)ccc1NCC#Cc1cc2c(NC3CCOCC3)cccc2n1CC(F)(F)F. The molecule has 0 aliphatic carbocycles. The van der Waals surface area contributed by atoms with Gasteiger partial charge < -0.3 is 24.7 Å². The third-order valence-corrected chi connectivity index (χ3v) is 6.86. The van der Waals surface area contributed by atoms with Crippen molar-refractivity contribution in [3.63, 3.8) is 0 Å². The lowest BCUT2D eigenvalue weighted by molar-refractivity contribution is -0.140. The summed E-state index contributed by atoms with van der Waals surface area (Å²) in [5, 5.41) is 12.2. The second-order valence-electron chi connectivity index (χ2n) is 8.56. The molecular weight excluding hydrogens is 509 g/mol. The van der Waals surface area contributed by atoms with Crippen molar-refractivity contribution in [2.75, 3.05) is 37.5 Å². The number of nitrogens with zero attached hydrogens (tertiary/aromatic N) is 1. The fourth-order valence-corrected chi connectivity index (χ4v) is 4.72. The number of hydrogen-bond donors (Lipinski definition) is 3. The number of alkyl halides is 3. The van der Waals surface area contributed by atoms with Gasteiger partial charge in [-0.25, -0.2) is 13.6 Å². The first kappa shape index (κ1) is 26.7. The average molecular weight is 537 g/mol. The zero-order valence-electron chi connectivity index (χ0n) is 20.1. The fraction of sp³-hybridized carbons (Fsp3) is 0.360. The lowest BCUT2D eigenvalue weighted by Crippen LogP contribution is -2.27. The Kier molecular flexibility index (Phi) is 7.87. The van der Waals surface area contributed by atoms with E-state index in [4.69, 9.17) is 14.6 Å². The zero-order chi connectivity index (χ0) is 26.6. The molecule has 0 bridgehead atoms. The van der Waals surface area contributed by atoms with Crippen molar-refractivity contribution in [1.82, 2.24) is 4.57 Å². The second-order valence-corrected chi connectivity index (χ2v) is 10.1. The highest BCUT2D eigenvalue weighted by atomic mass is 32.2. The summed E-state index contributed by atoms with van der Waals surface area (Å²) in [4.78, 5) is -0.109. The molecule has 0 saturated carbocycles. The van der Waals surface area contributed by atoms with E-state index in [-0.39, 0.29) is 28.9 Å². The van der Waals surface area contributed by atoms with Crippen LogP contribution in [0.15, 0.2) is 47.4 Å². The molecule has 0 radical (unpaired) electrons. The molecular formula is C25H27F3N4O4S. The first-order chi connectivity index (χ1) is 17.5. The van der Waals surface area contributed by atoms with Gasteiger partial charge in [-0.05, 0) is 49.1 Å². The Morgan fingerprint density at radius 3 is 2.59 bits per heavy atom. The largest absolute Gasteiger partial charge is 0.495 e. The molecule has 12 heteroatoms. The smallest absolute Gasteiger partial charge is 0.406 e. The van der Waals surface area contributed by atoms with Crippen LogP contribution in [0.25, 0.3) is 10.9 Å². The molecule has 0 atom stereocenters. The number of fused-ring (bicyclic) bond motifs is 1. The van der Waals surface area contributed by atoms with Gasteiger partial charge in [-0.1, -0.05) is 12.0 Å². The third-order valence-electron chi connectivity index (χ3n) is 5.95. The number of aromatic nitrogens is 1. The highest BCUT2D eigenvalue weighted by Crippen LogP contribution is 2.31. The lowest BCUT2D eigenvalue weighted by Gasteiger charge is -2.24. The molecule has 4 N–H and O–H groups in total. The fourth-order valence-electron chi connectivity index (χ4n) is 4.19. The molecule has 4 rings (SSSR count). The maximum absolute atomic E-state index is 13.4. The molecule has 1 aliphatic rings. The van der Waals surface area contributed by atoms with Crippen molar-refractivity contribution < 1.29 is 31.1 Å². The predicted octanol–water partition coefficient (Wildman–Crippen LogP) is 3.91. The zero-order valence-corrected chi connectivity index (χ0v) is 20.9. The summed E-state index contributed by atoms with van der Waals surface area (Å²) in [5.74, 6) is 5.93. The number of nitrogens with one attached hydrogen (secondary N) is 2. The van der Waals surface area contributed by atoms with E-state index in [0.717, 1.165) is 18.5 Å². The van der Waals surface area contributed by atoms with Crippen molar-refractivity contribution in [1.29, 1.82) is 0 Å². The molecule has 0 spiro atoms. The van der Waals surface area contributed by atoms with Crippen LogP contribution < -0.4 is 20.5 Å². The Balaban J connectivity index is 1.60. The van der Waals surface area contributed by atoms with Gasteiger partial charge >= 0.3 is 6.18 Å². The maximum Gasteiger partial charge on any atom is 0.406 e. The molecule has 2 aromatic carbocycles. The molecule has 1 fully saturated rings. The molecule has 1 aliphatic heterocycles. The van der Waals surface area contributed by atoms with E-state index in [9.17, 15) is 21.6 Å². The normalized spacial score (nSPS) is 14.7. The van der Waals surface area contributed by atoms with Crippen molar-refractivity contribution in [3.05, 3.63) is 48.2 Å². The van der Waals surface area contributed by atoms with Gasteiger partial charge in [-0.3, -0.25) is 0 Å². The van der Waals surface area contributed by atoms with Crippen LogP contribution in [0, 0.1) is 11.8 Å². The number of nitrogens with two attached hydrogens (primary N) is 1. The summed E-state index contributed by atoms with van der Waals surface area (Å²) in [5.41, 5.74) is 1.88. The Labute approximate surface area is 213 Å². The van der Waals surface area contributed by atoms with Crippen LogP contribution in [0.3, 0.4) is 0 Å². The van der Waals surface area contributed by atoms with E-state index in [2.05, 4.69) is 22.5 Å². The van der Waals surface area contributed by atoms with E-state index < -0.39 is 22.7 Å². The van der Waals surface area contributed by atoms with Gasteiger partial charge in [0.1, 0.15) is 12.3 Å². The highest BCUT2D eigenvalue weighted by molar-refractivity contribution is 7.89. The van der Waals surface area contributed by atoms with Crippen LogP contribution in [0.2, 0.25) is 0 Å². The number of rotatable bonds is 7. The number of benzene rings is 2. The van der Waals surface area contributed by atoms with Crippen molar-refractivity contribution in [3.8, 4) is 17.6 Å². The molecule has 198 valence electrons. The van der Waals surface area contributed by atoms with Crippen LogP contribution in [-0.4, -0.2) is 52.1 Å². The number of anilines is 2. The number of sulfonamides is 1. The highest BCUT2D eigenvalue weighted by Gasteiger charge is 2.30. The van der Waals surface area contributed by atoms with Gasteiger partial charge in [0.25, 0.3) is 0 Å². The van der Waals surface area contributed by atoms with E-state index in [1.165, 1.54) is 29.9 Å². The summed E-state index contributed by atoms with van der Waals surface area (Å²) in [6.45, 7) is 0.188. The van der Waals surface area contributed by atoms with Crippen molar-refractivity contribution >= 4 is 32.3 Å². The summed E-state index contributed by atoms with van der Waals surface area (Å²) in [6, 6.07) is 11.2. The monoisotopic (exact) mass is 536 g/mol. The molecule has 8 nitrogen and oxygen atoms in total. The van der Waals surface area contributed by atoms with E-state index in [1.807, 2.05) is 6.07 Å².